The zero-order valence-electron chi connectivity index (χ0n) is 15.9. The van der Waals surface area contributed by atoms with Gasteiger partial charge in [-0.05, 0) is 53.4 Å². The highest BCUT2D eigenvalue weighted by Gasteiger charge is 2.27. The lowest BCUT2D eigenvalue weighted by Crippen LogP contribution is -2.38. The van der Waals surface area contributed by atoms with Crippen LogP contribution in [-0.2, 0) is 6.54 Å². The van der Waals surface area contributed by atoms with Crippen LogP contribution in [0.2, 0.25) is 0 Å². The van der Waals surface area contributed by atoms with Crippen LogP contribution in [0.4, 0.5) is 5.82 Å². The van der Waals surface area contributed by atoms with E-state index in [1.165, 1.54) is 11.1 Å². The van der Waals surface area contributed by atoms with Crippen molar-refractivity contribution in [2.45, 2.75) is 38.8 Å². The summed E-state index contributed by atoms with van der Waals surface area (Å²) in [4.78, 5) is 15.0. The summed E-state index contributed by atoms with van der Waals surface area (Å²) in [6, 6.07) is 2.28. The average molecular weight is 415 g/mol. The SMILES string of the molecule is CC1CCCCN1Cc1c(C(=O)N/N=C\c2ccsc2)nnn1-c1nonc1N. The van der Waals surface area contributed by atoms with E-state index in [0.29, 0.717) is 18.3 Å². The number of hydrogen-bond acceptors (Lipinski definition) is 10. The molecule has 152 valence electrons. The third-order valence-electron chi connectivity index (χ3n) is 4.89. The fourth-order valence-corrected chi connectivity index (χ4v) is 3.89. The quantitative estimate of drug-likeness (QED) is 0.455. The van der Waals surface area contributed by atoms with Crippen molar-refractivity contribution in [1.29, 1.82) is 0 Å². The predicted molar refractivity (Wildman–Crippen MR) is 107 cm³/mol. The van der Waals surface area contributed by atoms with Crippen molar-refractivity contribution in [3.8, 4) is 5.82 Å². The number of rotatable bonds is 6. The minimum atomic E-state index is -0.461. The van der Waals surface area contributed by atoms with Gasteiger partial charge >= 0.3 is 0 Å². The molecule has 1 saturated heterocycles. The first-order chi connectivity index (χ1) is 14.1. The van der Waals surface area contributed by atoms with Gasteiger partial charge in [0.25, 0.3) is 5.91 Å². The molecule has 0 aliphatic carbocycles. The molecule has 3 aromatic heterocycles. The van der Waals surface area contributed by atoms with Crippen molar-refractivity contribution in [2.24, 2.45) is 5.10 Å². The van der Waals surface area contributed by atoms with E-state index in [4.69, 9.17) is 10.4 Å². The van der Waals surface area contributed by atoms with Crippen LogP contribution in [0, 0.1) is 0 Å². The third kappa shape index (κ3) is 4.17. The van der Waals surface area contributed by atoms with Gasteiger partial charge in [-0.3, -0.25) is 9.69 Å². The van der Waals surface area contributed by atoms with Crippen LogP contribution in [0.3, 0.4) is 0 Å². The molecular formula is C17H21N9O2S. The summed E-state index contributed by atoms with van der Waals surface area (Å²) in [5.74, 6) is -0.180. The van der Waals surface area contributed by atoms with Crippen LogP contribution in [0.25, 0.3) is 5.82 Å². The summed E-state index contributed by atoms with van der Waals surface area (Å²) in [6.45, 7) is 3.57. The van der Waals surface area contributed by atoms with Crippen molar-refractivity contribution in [1.82, 2.24) is 35.6 Å². The topological polar surface area (TPSA) is 140 Å². The number of nitrogens with zero attached hydrogens (tertiary/aromatic N) is 7. The molecule has 1 atom stereocenters. The lowest BCUT2D eigenvalue weighted by Gasteiger charge is -2.33. The Balaban J connectivity index is 1.61. The largest absolute Gasteiger partial charge is 0.378 e. The zero-order valence-corrected chi connectivity index (χ0v) is 16.7. The molecule has 1 aliphatic heterocycles. The van der Waals surface area contributed by atoms with Crippen LogP contribution in [-0.4, -0.2) is 54.9 Å². The average Bonchev–Trinajstić information content (AvgIpc) is 3.45. The van der Waals surface area contributed by atoms with Gasteiger partial charge < -0.3 is 5.73 Å². The van der Waals surface area contributed by atoms with Crippen LogP contribution >= 0.6 is 11.3 Å². The summed E-state index contributed by atoms with van der Waals surface area (Å²) < 4.78 is 6.10. The van der Waals surface area contributed by atoms with Gasteiger partial charge in [0.05, 0.1) is 11.9 Å². The van der Waals surface area contributed by atoms with E-state index in [1.807, 2.05) is 16.8 Å². The standard InChI is InChI=1S/C17H21N9O2S/c1-11-4-2-3-6-25(11)9-13-14(17(27)21-19-8-12-5-7-29-10-12)20-24-26(13)16-15(18)22-28-23-16/h5,7-8,10-11H,2-4,6,9H2,1H3,(H2,18,22)(H,21,27)/b19-8-. The van der Waals surface area contributed by atoms with E-state index in [0.717, 1.165) is 24.9 Å². The van der Waals surface area contributed by atoms with E-state index in [-0.39, 0.29) is 17.3 Å². The van der Waals surface area contributed by atoms with Gasteiger partial charge in [-0.1, -0.05) is 11.6 Å². The highest BCUT2D eigenvalue weighted by molar-refractivity contribution is 7.08. The number of hydrogen-bond donors (Lipinski definition) is 2. The Bertz CT molecular complexity index is 995. The molecule has 0 aromatic carbocycles. The third-order valence-corrected chi connectivity index (χ3v) is 5.59. The molecule has 11 nitrogen and oxygen atoms in total. The summed E-state index contributed by atoms with van der Waals surface area (Å²) in [5, 5.41) is 23.4. The van der Waals surface area contributed by atoms with E-state index in [2.05, 4.69) is 43.0 Å². The molecule has 1 aliphatic rings. The number of thiophene rings is 1. The maximum Gasteiger partial charge on any atom is 0.293 e. The monoisotopic (exact) mass is 415 g/mol. The normalized spacial score (nSPS) is 17.8. The Morgan fingerprint density at radius 1 is 1.48 bits per heavy atom. The molecule has 1 unspecified atom stereocenters. The summed E-state index contributed by atoms with van der Waals surface area (Å²) >= 11 is 1.55. The second kappa shape index (κ2) is 8.49. The number of piperidine rings is 1. The van der Waals surface area contributed by atoms with E-state index in [1.54, 1.807) is 17.6 Å². The second-order valence-electron chi connectivity index (χ2n) is 6.84. The van der Waals surface area contributed by atoms with Gasteiger partial charge in [0.15, 0.2) is 5.69 Å². The summed E-state index contributed by atoms with van der Waals surface area (Å²) in [7, 11) is 0. The first-order valence-corrected chi connectivity index (χ1v) is 10.2. The Labute approximate surface area is 170 Å². The van der Waals surface area contributed by atoms with Gasteiger partial charge in [-0.15, -0.1) is 5.10 Å². The van der Waals surface area contributed by atoms with E-state index < -0.39 is 5.91 Å². The second-order valence-corrected chi connectivity index (χ2v) is 7.62. The van der Waals surface area contributed by atoms with Crippen LogP contribution in [0.5, 0.6) is 0 Å². The molecule has 12 heteroatoms. The van der Waals surface area contributed by atoms with Gasteiger partial charge in [-0.25, -0.2) is 10.1 Å². The Morgan fingerprint density at radius 2 is 2.38 bits per heavy atom. The Hall–Kier alpha value is -3.12. The Morgan fingerprint density at radius 3 is 3.10 bits per heavy atom. The van der Waals surface area contributed by atoms with Crippen molar-refractivity contribution >= 4 is 29.3 Å². The van der Waals surface area contributed by atoms with E-state index in [9.17, 15) is 4.79 Å². The minimum Gasteiger partial charge on any atom is -0.378 e. The molecule has 1 amide bonds. The highest BCUT2D eigenvalue weighted by atomic mass is 32.1. The molecule has 0 spiro atoms. The number of carbonyl (C=O) groups excluding carboxylic acids is 1. The highest BCUT2D eigenvalue weighted by Crippen LogP contribution is 2.22. The molecule has 0 radical (unpaired) electrons. The molecule has 3 N–H and O–H groups in total. The maximum absolute atomic E-state index is 12.7. The van der Waals surface area contributed by atoms with Gasteiger partial charge in [-0.2, -0.15) is 21.1 Å². The fraction of sp³-hybridized carbons (Fsp3) is 0.412. The number of amides is 1. The molecular weight excluding hydrogens is 394 g/mol. The number of likely N-dealkylation sites (tertiary alicyclic amines) is 1. The Kier molecular flexibility index (Phi) is 5.62. The molecule has 1 fully saturated rings. The summed E-state index contributed by atoms with van der Waals surface area (Å²) in [5.41, 5.74) is 9.96. The summed E-state index contributed by atoms with van der Waals surface area (Å²) in [6.07, 6.45) is 4.97. The first-order valence-electron chi connectivity index (χ1n) is 9.26. The number of nitrogens with one attached hydrogen (secondary N) is 1. The number of anilines is 1. The molecule has 0 saturated carbocycles. The van der Waals surface area contributed by atoms with Crippen molar-refractivity contribution in [3.05, 3.63) is 33.8 Å². The maximum atomic E-state index is 12.7. The first kappa shape index (κ1) is 19.2. The number of nitrogens with two attached hydrogens (primary N) is 1. The molecule has 4 rings (SSSR count). The van der Waals surface area contributed by atoms with Crippen LogP contribution in [0.1, 0.15) is 47.9 Å². The van der Waals surface area contributed by atoms with Gasteiger partial charge in [0, 0.05) is 18.2 Å². The number of aromatic nitrogens is 5. The molecule has 3 aromatic rings. The van der Waals surface area contributed by atoms with Crippen LogP contribution < -0.4 is 11.2 Å². The smallest absolute Gasteiger partial charge is 0.293 e. The van der Waals surface area contributed by atoms with Crippen molar-refractivity contribution in [2.75, 3.05) is 12.3 Å². The van der Waals surface area contributed by atoms with Crippen LogP contribution in [0.15, 0.2) is 26.6 Å². The molecule has 29 heavy (non-hydrogen) atoms. The lowest BCUT2D eigenvalue weighted by molar-refractivity contribution is 0.0945. The predicted octanol–water partition coefficient (Wildman–Crippen LogP) is 1.43. The van der Waals surface area contributed by atoms with Crippen molar-refractivity contribution in [3.63, 3.8) is 0 Å². The molecule has 0 bridgehead atoms. The van der Waals surface area contributed by atoms with E-state index >= 15 is 0 Å². The van der Waals surface area contributed by atoms with Gasteiger partial charge in [0.2, 0.25) is 11.6 Å². The molecule has 4 heterocycles. The van der Waals surface area contributed by atoms with Gasteiger partial charge in [0.1, 0.15) is 0 Å². The minimum absolute atomic E-state index is 0.0743. The lowest BCUT2D eigenvalue weighted by atomic mass is 10.0. The fourth-order valence-electron chi connectivity index (χ4n) is 3.28. The zero-order chi connectivity index (χ0) is 20.2. The van der Waals surface area contributed by atoms with Crippen molar-refractivity contribution < 1.29 is 9.42 Å². The number of nitrogen functional groups attached to an aromatic ring is 1. The number of hydrazone groups is 1. The number of carbonyl (C=O) groups is 1.